The van der Waals surface area contributed by atoms with Gasteiger partial charge in [0.2, 0.25) is 0 Å². The lowest BCUT2D eigenvalue weighted by molar-refractivity contribution is -0.119. The Morgan fingerprint density at radius 1 is 1.11 bits per heavy atom. The number of thiocarbonyl (C=S) groups is 1. The van der Waals surface area contributed by atoms with Crippen LogP contribution in [0.5, 0.6) is 11.5 Å². The van der Waals surface area contributed by atoms with Gasteiger partial charge in [0, 0.05) is 24.3 Å². The second-order valence-corrected chi connectivity index (χ2v) is 3.56. The minimum Gasteiger partial charge on any atom is -0.505 e. The predicted molar refractivity (Wildman–Crippen MR) is 66.1 cm³/mol. The summed E-state index contributed by atoms with van der Waals surface area (Å²) in [4.78, 5) is 27.1. The number of carbonyl (C=O) groups is 2. The molecule has 1 aliphatic rings. The van der Waals surface area contributed by atoms with Crippen LogP contribution in [0.1, 0.15) is 0 Å². The first-order valence-corrected chi connectivity index (χ1v) is 5.15. The highest BCUT2D eigenvalue weighted by Crippen LogP contribution is 2.40. The molecule has 7 heteroatoms. The molecule has 0 saturated carbocycles. The molecule has 18 heavy (non-hydrogen) atoms. The van der Waals surface area contributed by atoms with Crippen LogP contribution in [0, 0.1) is 0 Å². The van der Waals surface area contributed by atoms with Gasteiger partial charge in [0.25, 0.3) is 11.8 Å². The Morgan fingerprint density at radius 2 is 1.61 bits per heavy atom. The third-order valence-corrected chi connectivity index (χ3v) is 2.37. The molecular weight excluding hydrogens is 256 g/mol. The van der Waals surface area contributed by atoms with Crippen LogP contribution in [0.15, 0.2) is 29.3 Å². The number of hydrogen-bond acceptors (Lipinski definition) is 6. The molecule has 1 aliphatic heterocycles. The maximum absolute atomic E-state index is 11.4. The van der Waals surface area contributed by atoms with E-state index in [-0.39, 0.29) is 11.4 Å². The van der Waals surface area contributed by atoms with Gasteiger partial charge in [-0.25, -0.2) is 4.90 Å². The minimum atomic E-state index is -0.551. The number of benzene rings is 1. The van der Waals surface area contributed by atoms with Crippen molar-refractivity contribution in [2.24, 2.45) is 4.99 Å². The van der Waals surface area contributed by atoms with E-state index in [2.05, 4.69) is 17.2 Å². The van der Waals surface area contributed by atoms with Crippen LogP contribution in [-0.4, -0.2) is 27.2 Å². The van der Waals surface area contributed by atoms with Gasteiger partial charge < -0.3 is 10.2 Å². The molecule has 0 spiro atoms. The molecule has 1 aromatic rings. The topological polar surface area (TPSA) is 90.2 Å². The third kappa shape index (κ3) is 1.88. The fourth-order valence-electron chi connectivity index (χ4n) is 1.53. The number of aromatic hydroxyl groups is 2. The van der Waals surface area contributed by atoms with Crippen LogP contribution in [0.4, 0.5) is 11.4 Å². The van der Waals surface area contributed by atoms with E-state index in [0.29, 0.717) is 0 Å². The number of aliphatic imine (C=N–C) groups is 1. The number of phenolic OH excluding ortho intramolecular Hbond substituents is 2. The molecule has 6 nitrogen and oxygen atoms in total. The van der Waals surface area contributed by atoms with Crippen LogP contribution in [0.3, 0.4) is 0 Å². The largest absolute Gasteiger partial charge is 0.505 e. The van der Waals surface area contributed by atoms with E-state index in [9.17, 15) is 19.8 Å². The summed E-state index contributed by atoms with van der Waals surface area (Å²) in [6.45, 7) is 0. The standard InChI is InChI=1S/C11H6N2O4S/c14-7-3-6(4-8(15)11(7)12-5-18)13-9(16)1-2-10(13)17/h1-4,14-15H. The summed E-state index contributed by atoms with van der Waals surface area (Å²) in [6, 6.07) is 2.27. The van der Waals surface area contributed by atoms with Crippen molar-refractivity contribution in [1.29, 1.82) is 0 Å². The number of rotatable bonds is 2. The quantitative estimate of drug-likeness (QED) is 0.475. The van der Waals surface area contributed by atoms with E-state index >= 15 is 0 Å². The van der Waals surface area contributed by atoms with Crippen molar-refractivity contribution in [3.05, 3.63) is 24.3 Å². The molecule has 0 saturated heterocycles. The molecule has 0 fully saturated rings. The minimum absolute atomic E-state index is 0.0494. The first-order valence-electron chi connectivity index (χ1n) is 4.74. The number of nitrogens with zero attached hydrogens (tertiary/aromatic N) is 2. The van der Waals surface area contributed by atoms with Crippen molar-refractivity contribution in [3.63, 3.8) is 0 Å². The van der Waals surface area contributed by atoms with Crippen LogP contribution in [0.2, 0.25) is 0 Å². The molecule has 2 N–H and O–H groups in total. The lowest BCUT2D eigenvalue weighted by Gasteiger charge is -2.15. The van der Waals surface area contributed by atoms with Gasteiger partial charge in [-0.1, -0.05) is 0 Å². The predicted octanol–water partition coefficient (Wildman–Crippen LogP) is 1.26. The lowest BCUT2D eigenvalue weighted by atomic mass is 10.2. The van der Waals surface area contributed by atoms with Gasteiger partial charge >= 0.3 is 0 Å². The van der Waals surface area contributed by atoms with E-state index in [1.54, 1.807) is 0 Å². The Balaban J connectivity index is 2.52. The van der Waals surface area contributed by atoms with Crippen molar-refractivity contribution >= 4 is 40.6 Å². The summed E-state index contributed by atoms with van der Waals surface area (Å²) in [5.74, 6) is -1.92. The number of phenols is 2. The molecule has 0 radical (unpaired) electrons. The lowest BCUT2D eigenvalue weighted by Crippen LogP contribution is -2.29. The fraction of sp³-hybridized carbons (Fsp3) is 0. The normalized spacial score (nSPS) is 13.9. The number of carbonyl (C=O) groups excluding carboxylic acids is 2. The summed E-state index contributed by atoms with van der Waals surface area (Å²) in [6.07, 6.45) is 2.19. The first-order chi connectivity index (χ1) is 8.54. The second-order valence-electron chi connectivity index (χ2n) is 3.38. The van der Waals surface area contributed by atoms with E-state index in [1.165, 1.54) is 0 Å². The molecule has 0 atom stereocenters. The number of amides is 2. The van der Waals surface area contributed by atoms with Gasteiger partial charge in [-0.3, -0.25) is 9.59 Å². The van der Waals surface area contributed by atoms with Gasteiger partial charge in [-0.05, 0) is 12.2 Å². The molecule has 1 heterocycles. The highest BCUT2D eigenvalue weighted by atomic mass is 32.1. The van der Waals surface area contributed by atoms with E-state index in [4.69, 9.17) is 0 Å². The smallest absolute Gasteiger partial charge is 0.258 e. The summed E-state index contributed by atoms with van der Waals surface area (Å²) in [7, 11) is 0. The second kappa shape index (κ2) is 4.40. The molecule has 1 aromatic carbocycles. The highest BCUT2D eigenvalue weighted by Gasteiger charge is 2.26. The van der Waals surface area contributed by atoms with Crippen molar-refractivity contribution in [2.45, 2.75) is 0 Å². The number of hydrogen-bond donors (Lipinski definition) is 2. The van der Waals surface area contributed by atoms with Crippen LogP contribution >= 0.6 is 12.2 Å². The van der Waals surface area contributed by atoms with Gasteiger partial charge in [0.1, 0.15) is 11.5 Å². The van der Waals surface area contributed by atoms with E-state index in [0.717, 1.165) is 29.2 Å². The Morgan fingerprint density at radius 3 is 2.06 bits per heavy atom. The average Bonchev–Trinajstić information content (AvgIpc) is 2.63. The summed E-state index contributed by atoms with van der Waals surface area (Å²) in [5.41, 5.74) is -0.117. The van der Waals surface area contributed by atoms with Crippen molar-refractivity contribution in [1.82, 2.24) is 0 Å². The zero-order valence-electron chi connectivity index (χ0n) is 8.82. The third-order valence-electron chi connectivity index (χ3n) is 2.28. The van der Waals surface area contributed by atoms with Crippen molar-refractivity contribution in [2.75, 3.05) is 4.90 Å². The van der Waals surface area contributed by atoms with Gasteiger partial charge in [0.15, 0.2) is 5.69 Å². The van der Waals surface area contributed by atoms with Gasteiger partial charge in [0.05, 0.1) is 10.8 Å². The summed E-state index contributed by atoms with van der Waals surface area (Å²) < 4.78 is 0. The molecule has 0 aliphatic carbocycles. The Bertz CT molecular complexity index is 591. The van der Waals surface area contributed by atoms with Gasteiger partial charge in [-0.15, -0.1) is 0 Å². The summed E-state index contributed by atoms with van der Waals surface area (Å²) in [5, 5.41) is 21.3. The number of imide groups is 1. The molecular formula is C11H6N2O4S. The zero-order valence-corrected chi connectivity index (χ0v) is 9.64. The molecule has 2 rings (SSSR count). The molecule has 90 valence electrons. The molecule has 0 bridgehead atoms. The van der Waals surface area contributed by atoms with Crippen molar-refractivity contribution < 1.29 is 19.8 Å². The SMILES string of the molecule is O=C1C=CC(=O)N1c1cc(O)c(N=C=S)c(O)c1. The first kappa shape index (κ1) is 12.0. The van der Waals surface area contributed by atoms with E-state index in [1.807, 2.05) is 5.16 Å². The highest BCUT2D eigenvalue weighted by molar-refractivity contribution is 7.78. The molecule has 2 amide bonds. The number of isothiocyanates is 1. The summed E-state index contributed by atoms with van der Waals surface area (Å²) >= 11 is 4.36. The molecule has 0 aromatic heterocycles. The van der Waals surface area contributed by atoms with Crippen LogP contribution < -0.4 is 4.90 Å². The monoisotopic (exact) mass is 262 g/mol. The fourth-order valence-corrected chi connectivity index (χ4v) is 1.63. The maximum atomic E-state index is 11.4. The van der Waals surface area contributed by atoms with Gasteiger partial charge in [-0.2, -0.15) is 4.99 Å². The number of anilines is 1. The van der Waals surface area contributed by atoms with E-state index < -0.39 is 23.3 Å². The zero-order chi connectivity index (χ0) is 13.3. The maximum Gasteiger partial charge on any atom is 0.258 e. The Kier molecular flexibility index (Phi) is 2.93. The van der Waals surface area contributed by atoms with Crippen LogP contribution in [0.25, 0.3) is 0 Å². The Labute approximate surface area is 106 Å². The van der Waals surface area contributed by atoms with Crippen molar-refractivity contribution in [3.8, 4) is 11.5 Å². The van der Waals surface area contributed by atoms with Crippen LogP contribution in [-0.2, 0) is 9.59 Å². The molecule has 0 unspecified atom stereocenters. The Hall–Kier alpha value is -2.50. The average molecular weight is 262 g/mol.